The molecule has 0 heterocycles. The molecule has 2 unspecified atom stereocenters. The maximum absolute atomic E-state index is 11.7. The Hall–Kier alpha value is -2.37. The lowest BCUT2D eigenvalue weighted by atomic mass is 9.85. The van der Waals surface area contributed by atoms with E-state index in [1.807, 2.05) is 36.4 Å². The lowest BCUT2D eigenvalue weighted by Crippen LogP contribution is -2.52. The summed E-state index contributed by atoms with van der Waals surface area (Å²) in [7, 11) is 1.55. The van der Waals surface area contributed by atoms with Crippen LogP contribution in [0.2, 0.25) is 0 Å². The predicted molar refractivity (Wildman–Crippen MR) is 96.6 cm³/mol. The second-order valence-corrected chi connectivity index (χ2v) is 6.37. The number of hydrogen-bond acceptors (Lipinski definition) is 4. The van der Waals surface area contributed by atoms with Gasteiger partial charge in [0.15, 0.2) is 0 Å². The summed E-state index contributed by atoms with van der Waals surface area (Å²) in [5, 5.41) is 19.9. The molecule has 0 aromatic heterocycles. The number of rotatable bonds is 9. The second-order valence-electron chi connectivity index (χ2n) is 6.37. The molecule has 2 aromatic rings. The highest BCUT2D eigenvalue weighted by atomic mass is 16.5. The summed E-state index contributed by atoms with van der Waals surface area (Å²) in [6.45, 7) is 0. The van der Waals surface area contributed by atoms with Crippen LogP contribution in [0.25, 0.3) is 0 Å². The number of aliphatic hydroxyl groups is 1. The molecule has 134 valence electrons. The van der Waals surface area contributed by atoms with Gasteiger partial charge in [-0.25, -0.2) is 0 Å². The highest BCUT2D eigenvalue weighted by molar-refractivity contribution is 5.79. The van der Waals surface area contributed by atoms with Crippen molar-refractivity contribution in [2.24, 2.45) is 5.73 Å². The number of benzene rings is 2. The van der Waals surface area contributed by atoms with Gasteiger partial charge in [-0.3, -0.25) is 4.79 Å². The molecule has 0 fully saturated rings. The first kappa shape index (κ1) is 19.0. The molecule has 2 rings (SSSR count). The van der Waals surface area contributed by atoms with Crippen LogP contribution >= 0.6 is 0 Å². The van der Waals surface area contributed by atoms with Crippen LogP contribution < -0.4 is 10.5 Å². The van der Waals surface area contributed by atoms with E-state index in [0.717, 1.165) is 11.1 Å². The van der Waals surface area contributed by atoms with Crippen LogP contribution in [0.3, 0.4) is 0 Å². The normalized spacial score (nSPS) is 14.5. The van der Waals surface area contributed by atoms with Crippen molar-refractivity contribution < 1.29 is 19.7 Å². The molecular weight excluding hydrogens is 318 g/mol. The van der Waals surface area contributed by atoms with Gasteiger partial charge >= 0.3 is 5.97 Å². The Labute approximate surface area is 148 Å². The standard InChI is InChI=1S/C20H25NO4/c1-25-18-9-5-8-16(12-18)13-20(21,19(23)24)14-17(22)11-10-15-6-3-2-4-7-15/h2-9,12,17,22H,10-11,13-14,21H2,1H3,(H,23,24). The summed E-state index contributed by atoms with van der Waals surface area (Å²) in [5.74, 6) is -0.469. The van der Waals surface area contributed by atoms with Crippen molar-refractivity contribution in [3.63, 3.8) is 0 Å². The maximum Gasteiger partial charge on any atom is 0.324 e. The number of aryl methyl sites for hydroxylation is 1. The van der Waals surface area contributed by atoms with E-state index in [1.165, 1.54) is 0 Å². The van der Waals surface area contributed by atoms with Crippen LogP contribution in [-0.2, 0) is 17.6 Å². The van der Waals surface area contributed by atoms with Gasteiger partial charge in [0.1, 0.15) is 11.3 Å². The Balaban J connectivity index is 2.01. The third-order valence-corrected chi connectivity index (χ3v) is 4.29. The Morgan fingerprint density at radius 3 is 2.48 bits per heavy atom. The van der Waals surface area contributed by atoms with Crippen molar-refractivity contribution in [2.75, 3.05) is 7.11 Å². The van der Waals surface area contributed by atoms with E-state index in [4.69, 9.17) is 10.5 Å². The van der Waals surface area contributed by atoms with Crippen molar-refractivity contribution in [1.82, 2.24) is 0 Å². The largest absolute Gasteiger partial charge is 0.497 e. The van der Waals surface area contributed by atoms with E-state index in [0.29, 0.717) is 18.6 Å². The van der Waals surface area contributed by atoms with Gasteiger partial charge in [0, 0.05) is 12.8 Å². The monoisotopic (exact) mass is 343 g/mol. The van der Waals surface area contributed by atoms with Gasteiger partial charge in [-0.15, -0.1) is 0 Å². The number of carbonyl (C=O) groups is 1. The van der Waals surface area contributed by atoms with Crippen LogP contribution in [-0.4, -0.2) is 34.9 Å². The van der Waals surface area contributed by atoms with Crippen molar-refractivity contribution in [1.29, 1.82) is 0 Å². The number of ether oxygens (including phenoxy) is 1. The van der Waals surface area contributed by atoms with Crippen molar-refractivity contribution in [2.45, 2.75) is 37.3 Å². The summed E-state index contributed by atoms with van der Waals surface area (Å²) in [5.41, 5.74) is 6.48. The minimum absolute atomic E-state index is 0.00756. The van der Waals surface area contributed by atoms with Crippen molar-refractivity contribution in [3.05, 3.63) is 65.7 Å². The number of aliphatic carboxylic acids is 1. The average Bonchev–Trinajstić information content (AvgIpc) is 2.60. The van der Waals surface area contributed by atoms with E-state index in [2.05, 4.69) is 0 Å². The van der Waals surface area contributed by atoms with Gasteiger partial charge < -0.3 is 20.7 Å². The molecule has 0 amide bonds. The number of carboxylic acids is 1. The Morgan fingerprint density at radius 1 is 1.16 bits per heavy atom. The molecule has 25 heavy (non-hydrogen) atoms. The number of methoxy groups -OCH3 is 1. The van der Waals surface area contributed by atoms with E-state index in [1.54, 1.807) is 25.3 Å². The molecule has 2 atom stereocenters. The summed E-state index contributed by atoms with van der Waals surface area (Å²) >= 11 is 0. The van der Waals surface area contributed by atoms with Gasteiger partial charge in [-0.2, -0.15) is 0 Å². The molecule has 0 aliphatic rings. The molecule has 0 aliphatic carbocycles. The highest BCUT2D eigenvalue weighted by Crippen LogP contribution is 2.22. The molecule has 0 spiro atoms. The van der Waals surface area contributed by atoms with Crippen molar-refractivity contribution in [3.8, 4) is 5.75 Å². The van der Waals surface area contributed by atoms with E-state index >= 15 is 0 Å². The van der Waals surface area contributed by atoms with Gasteiger partial charge in [0.25, 0.3) is 0 Å². The number of hydrogen-bond donors (Lipinski definition) is 3. The van der Waals surface area contributed by atoms with Gasteiger partial charge in [0.2, 0.25) is 0 Å². The third kappa shape index (κ3) is 5.59. The molecule has 0 saturated heterocycles. The summed E-state index contributed by atoms with van der Waals surface area (Å²) in [4.78, 5) is 11.7. The molecule has 4 N–H and O–H groups in total. The molecule has 5 heteroatoms. The minimum Gasteiger partial charge on any atom is -0.497 e. The van der Waals surface area contributed by atoms with Crippen LogP contribution in [0.5, 0.6) is 5.75 Å². The molecular formula is C20H25NO4. The molecule has 5 nitrogen and oxygen atoms in total. The molecule has 0 radical (unpaired) electrons. The first-order chi connectivity index (χ1) is 11.9. The van der Waals surface area contributed by atoms with Gasteiger partial charge in [0.05, 0.1) is 13.2 Å². The minimum atomic E-state index is -1.53. The summed E-state index contributed by atoms with van der Waals surface area (Å²) in [6.07, 6.45) is 0.478. The fraction of sp³-hybridized carbons (Fsp3) is 0.350. The SMILES string of the molecule is COc1cccc(CC(N)(CC(O)CCc2ccccc2)C(=O)O)c1. The smallest absolute Gasteiger partial charge is 0.324 e. The quantitative estimate of drug-likeness (QED) is 0.650. The Kier molecular flexibility index (Phi) is 6.56. The Morgan fingerprint density at radius 2 is 1.84 bits per heavy atom. The summed E-state index contributed by atoms with van der Waals surface area (Å²) in [6, 6.07) is 16.9. The first-order valence-corrected chi connectivity index (χ1v) is 8.30. The fourth-order valence-electron chi connectivity index (χ4n) is 2.88. The van der Waals surface area contributed by atoms with E-state index in [-0.39, 0.29) is 12.8 Å². The number of carboxylic acid groups (broad SMARTS) is 1. The zero-order chi connectivity index (χ0) is 18.3. The summed E-state index contributed by atoms with van der Waals surface area (Å²) < 4.78 is 5.16. The number of aliphatic hydroxyl groups excluding tert-OH is 1. The molecule has 2 aromatic carbocycles. The lowest BCUT2D eigenvalue weighted by molar-refractivity contribution is -0.144. The van der Waals surface area contributed by atoms with Crippen LogP contribution in [0.15, 0.2) is 54.6 Å². The average molecular weight is 343 g/mol. The molecule has 0 saturated carbocycles. The van der Waals surface area contributed by atoms with Crippen molar-refractivity contribution >= 4 is 5.97 Å². The highest BCUT2D eigenvalue weighted by Gasteiger charge is 2.36. The van der Waals surface area contributed by atoms with E-state index < -0.39 is 17.6 Å². The first-order valence-electron chi connectivity index (χ1n) is 8.30. The maximum atomic E-state index is 11.7. The molecule has 0 aliphatic heterocycles. The predicted octanol–water partition coefficient (Wildman–Crippen LogP) is 2.40. The second kappa shape index (κ2) is 8.65. The zero-order valence-corrected chi connectivity index (χ0v) is 14.4. The Bertz CT molecular complexity index is 689. The van der Waals surface area contributed by atoms with Gasteiger partial charge in [-0.05, 0) is 36.1 Å². The fourth-order valence-corrected chi connectivity index (χ4v) is 2.88. The lowest BCUT2D eigenvalue weighted by Gasteiger charge is -2.27. The van der Waals surface area contributed by atoms with E-state index in [9.17, 15) is 15.0 Å². The molecule has 0 bridgehead atoms. The van der Waals surface area contributed by atoms with Crippen LogP contribution in [0.4, 0.5) is 0 Å². The van der Waals surface area contributed by atoms with Gasteiger partial charge in [-0.1, -0.05) is 42.5 Å². The number of nitrogens with two attached hydrogens (primary N) is 1. The zero-order valence-electron chi connectivity index (χ0n) is 14.4. The van der Waals surface area contributed by atoms with Crippen LogP contribution in [0.1, 0.15) is 24.0 Å². The topological polar surface area (TPSA) is 92.8 Å². The van der Waals surface area contributed by atoms with Crippen LogP contribution in [0, 0.1) is 0 Å². The third-order valence-electron chi connectivity index (χ3n) is 4.29.